The Kier molecular flexibility index (Phi) is 3.76. The monoisotopic (exact) mass is 292 g/mol. The number of hydrogen-bond acceptors (Lipinski definition) is 3. The van der Waals surface area contributed by atoms with Crippen LogP contribution in [0.3, 0.4) is 0 Å². The number of carbonyl (C=O) groups is 1. The van der Waals surface area contributed by atoms with Gasteiger partial charge in [-0.05, 0) is 19.1 Å². The fourth-order valence-corrected chi connectivity index (χ4v) is 2.05. The van der Waals surface area contributed by atoms with Crippen molar-refractivity contribution in [3.8, 4) is 0 Å². The van der Waals surface area contributed by atoms with Gasteiger partial charge in [0.05, 0.1) is 7.11 Å². The number of halogens is 2. The van der Waals surface area contributed by atoms with Crippen LogP contribution in [-0.2, 0) is 15.1 Å². The SMILES string of the molecule is COC(=O)C(C)(O)c1ccc(Br)cc1Cl. The number of ether oxygens (including phenoxy) is 1. The van der Waals surface area contributed by atoms with E-state index in [1.165, 1.54) is 14.0 Å². The summed E-state index contributed by atoms with van der Waals surface area (Å²) >= 11 is 9.15. The highest BCUT2D eigenvalue weighted by Crippen LogP contribution is 2.31. The molecule has 0 aliphatic heterocycles. The quantitative estimate of drug-likeness (QED) is 0.852. The van der Waals surface area contributed by atoms with Crippen LogP contribution in [0.15, 0.2) is 22.7 Å². The van der Waals surface area contributed by atoms with Crippen LogP contribution < -0.4 is 0 Å². The van der Waals surface area contributed by atoms with E-state index in [9.17, 15) is 9.90 Å². The van der Waals surface area contributed by atoms with E-state index in [0.29, 0.717) is 10.6 Å². The Hall–Kier alpha value is -0.580. The van der Waals surface area contributed by atoms with Crippen LogP contribution in [0.25, 0.3) is 0 Å². The van der Waals surface area contributed by atoms with Crippen LogP contribution in [0.1, 0.15) is 12.5 Å². The lowest BCUT2D eigenvalue weighted by molar-refractivity contribution is -0.161. The number of aliphatic hydroxyl groups is 1. The molecule has 3 nitrogen and oxygen atoms in total. The second kappa shape index (κ2) is 4.51. The lowest BCUT2D eigenvalue weighted by Gasteiger charge is -2.21. The summed E-state index contributed by atoms with van der Waals surface area (Å²) in [5.41, 5.74) is -1.41. The van der Waals surface area contributed by atoms with Crippen LogP contribution in [0.2, 0.25) is 5.02 Å². The predicted molar refractivity (Wildman–Crippen MR) is 60.7 cm³/mol. The van der Waals surface area contributed by atoms with Crippen molar-refractivity contribution in [1.29, 1.82) is 0 Å². The van der Waals surface area contributed by atoms with Crippen molar-refractivity contribution in [3.63, 3.8) is 0 Å². The molecule has 0 heterocycles. The normalized spacial score (nSPS) is 14.5. The Bertz CT molecular complexity index is 390. The first-order chi connectivity index (χ1) is 6.89. The van der Waals surface area contributed by atoms with Crippen molar-refractivity contribution in [2.75, 3.05) is 7.11 Å². The first-order valence-electron chi connectivity index (χ1n) is 4.16. The van der Waals surface area contributed by atoms with Crippen molar-refractivity contribution in [3.05, 3.63) is 33.3 Å². The Labute approximate surface area is 101 Å². The van der Waals surface area contributed by atoms with Crippen molar-refractivity contribution in [2.45, 2.75) is 12.5 Å². The van der Waals surface area contributed by atoms with Crippen LogP contribution in [0.5, 0.6) is 0 Å². The first kappa shape index (κ1) is 12.5. The molecule has 0 amide bonds. The van der Waals surface area contributed by atoms with Gasteiger partial charge in [-0.1, -0.05) is 33.6 Å². The molecule has 0 radical (unpaired) electrons. The summed E-state index contributed by atoms with van der Waals surface area (Å²) in [6.45, 7) is 1.34. The highest BCUT2D eigenvalue weighted by atomic mass is 79.9. The Morgan fingerprint density at radius 1 is 1.60 bits per heavy atom. The number of rotatable bonds is 2. The summed E-state index contributed by atoms with van der Waals surface area (Å²) in [7, 11) is 1.21. The summed E-state index contributed by atoms with van der Waals surface area (Å²) in [6.07, 6.45) is 0. The van der Waals surface area contributed by atoms with Crippen LogP contribution in [-0.4, -0.2) is 18.2 Å². The molecule has 0 aliphatic carbocycles. The molecule has 15 heavy (non-hydrogen) atoms. The smallest absolute Gasteiger partial charge is 0.342 e. The van der Waals surface area contributed by atoms with Gasteiger partial charge in [0.25, 0.3) is 0 Å². The molecule has 1 aromatic rings. The van der Waals surface area contributed by atoms with Gasteiger partial charge in [0.15, 0.2) is 5.60 Å². The number of esters is 1. The van der Waals surface area contributed by atoms with Crippen LogP contribution >= 0.6 is 27.5 Å². The standard InChI is InChI=1S/C10H10BrClO3/c1-10(14,9(13)15-2)7-4-3-6(11)5-8(7)12/h3-5,14H,1-2H3. The average Bonchev–Trinajstić information content (AvgIpc) is 2.15. The molecule has 0 bridgehead atoms. The Morgan fingerprint density at radius 2 is 2.20 bits per heavy atom. The lowest BCUT2D eigenvalue weighted by atomic mass is 9.96. The highest BCUT2D eigenvalue weighted by Gasteiger charge is 2.35. The number of methoxy groups -OCH3 is 1. The Morgan fingerprint density at radius 3 is 2.67 bits per heavy atom. The molecular formula is C10H10BrClO3. The maximum Gasteiger partial charge on any atom is 0.342 e. The third kappa shape index (κ3) is 2.51. The van der Waals surface area contributed by atoms with E-state index in [0.717, 1.165) is 4.47 Å². The van der Waals surface area contributed by atoms with Crippen LogP contribution in [0, 0.1) is 0 Å². The number of hydrogen-bond donors (Lipinski definition) is 1. The minimum absolute atomic E-state index is 0.305. The van der Waals surface area contributed by atoms with E-state index >= 15 is 0 Å². The summed E-state index contributed by atoms with van der Waals surface area (Å²) in [5, 5.41) is 10.3. The topological polar surface area (TPSA) is 46.5 Å². The fraction of sp³-hybridized carbons (Fsp3) is 0.300. The molecule has 1 unspecified atom stereocenters. The van der Waals surface area contributed by atoms with Gasteiger partial charge < -0.3 is 9.84 Å². The number of carbonyl (C=O) groups excluding carboxylic acids is 1. The maximum atomic E-state index is 11.3. The minimum atomic E-state index is -1.73. The van der Waals surface area contributed by atoms with E-state index in [4.69, 9.17) is 11.6 Å². The third-order valence-corrected chi connectivity index (χ3v) is 2.84. The minimum Gasteiger partial charge on any atom is -0.467 e. The van der Waals surface area contributed by atoms with Gasteiger partial charge in [0.1, 0.15) is 0 Å². The van der Waals surface area contributed by atoms with Crippen molar-refractivity contribution < 1.29 is 14.6 Å². The molecule has 1 N–H and O–H groups in total. The average molecular weight is 294 g/mol. The van der Waals surface area contributed by atoms with Crippen molar-refractivity contribution in [2.24, 2.45) is 0 Å². The van der Waals surface area contributed by atoms with E-state index in [-0.39, 0.29) is 0 Å². The lowest BCUT2D eigenvalue weighted by Crippen LogP contribution is -2.33. The van der Waals surface area contributed by atoms with E-state index < -0.39 is 11.6 Å². The molecule has 1 aromatic carbocycles. The molecule has 0 spiro atoms. The number of benzene rings is 1. The maximum absolute atomic E-state index is 11.3. The van der Waals surface area contributed by atoms with Gasteiger partial charge in [-0.15, -0.1) is 0 Å². The van der Waals surface area contributed by atoms with Crippen molar-refractivity contribution >= 4 is 33.5 Å². The van der Waals surface area contributed by atoms with E-state index in [2.05, 4.69) is 20.7 Å². The summed E-state index contributed by atoms with van der Waals surface area (Å²) in [6, 6.07) is 4.87. The Balaban J connectivity index is 3.21. The largest absolute Gasteiger partial charge is 0.467 e. The van der Waals surface area contributed by atoms with Crippen molar-refractivity contribution in [1.82, 2.24) is 0 Å². The van der Waals surface area contributed by atoms with Gasteiger partial charge in [-0.2, -0.15) is 0 Å². The molecule has 0 aromatic heterocycles. The molecule has 5 heteroatoms. The molecule has 0 aliphatic rings. The zero-order valence-electron chi connectivity index (χ0n) is 8.25. The van der Waals surface area contributed by atoms with E-state index in [1.807, 2.05) is 0 Å². The predicted octanol–water partition coefficient (Wildman–Crippen LogP) is 2.48. The summed E-state index contributed by atoms with van der Waals surface area (Å²) in [5.74, 6) is -0.744. The highest BCUT2D eigenvalue weighted by molar-refractivity contribution is 9.10. The second-order valence-corrected chi connectivity index (χ2v) is 4.51. The zero-order chi connectivity index (χ0) is 11.6. The molecule has 0 saturated carbocycles. The summed E-state index contributed by atoms with van der Waals surface area (Å²) in [4.78, 5) is 11.3. The molecular weight excluding hydrogens is 283 g/mol. The zero-order valence-corrected chi connectivity index (χ0v) is 10.6. The molecule has 82 valence electrons. The molecule has 1 rings (SSSR count). The van der Waals surface area contributed by atoms with E-state index in [1.54, 1.807) is 18.2 Å². The van der Waals surface area contributed by atoms with Gasteiger partial charge in [0, 0.05) is 15.1 Å². The second-order valence-electron chi connectivity index (χ2n) is 3.19. The molecule has 1 atom stereocenters. The van der Waals surface area contributed by atoms with Gasteiger partial charge in [-0.25, -0.2) is 4.79 Å². The third-order valence-electron chi connectivity index (χ3n) is 2.04. The van der Waals surface area contributed by atoms with Gasteiger partial charge >= 0.3 is 5.97 Å². The molecule has 0 saturated heterocycles. The van der Waals surface area contributed by atoms with Crippen LogP contribution in [0.4, 0.5) is 0 Å². The summed E-state index contributed by atoms with van der Waals surface area (Å²) < 4.78 is 5.27. The first-order valence-corrected chi connectivity index (χ1v) is 5.33. The van der Waals surface area contributed by atoms with Gasteiger partial charge in [0.2, 0.25) is 0 Å². The molecule has 0 fully saturated rings. The fourth-order valence-electron chi connectivity index (χ4n) is 1.19. The van der Waals surface area contributed by atoms with Gasteiger partial charge in [-0.3, -0.25) is 0 Å².